The highest BCUT2D eigenvalue weighted by Gasteiger charge is 2.02. The summed E-state index contributed by atoms with van der Waals surface area (Å²) in [6.45, 7) is 3.67. The van der Waals surface area contributed by atoms with E-state index in [9.17, 15) is 4.79 Å². The third kappa shape index (κ3) is 3.03. The van der Waals surface area contributed by atoms with Gasteiger partial charge in [0.15, 0.2) is 0 Å². The second kappa shape index (κ2) is 4.95. The number of aryl methyl sites for hydroxylation is 2. The summed E-state index contributed by atoms with van der Waals surface area (Å²) < 4.78 is 1.98. The summed E-state index contributed by atoms with van der Waals surface area (Å²) in [5.41, 5.74) is 3.30. The number of nitrogens with zero attached hydrogens (tertiary/aromatic N) is 2. The molecule has 2 rings (SSSR count). The van der Waals surface area contributed by atoms with E-state index < -0.39 is 0 Å². The number of aromatic nitrogens is 2. The number of ketones is 1. The SMILES string of the molecule is CC(=O)CCc1cn(-c2ccc(C)cc2)cn1. The highest BCUT2D eigenvalue weighted by molar-refractivity contribution is 5.75. The summed E-state index contributed by atoms with van der Waals surface area (Å²) in [6.07, 6.45) is 5.05. The molecule has 2 aromatic rings. The van der Waals surface area contributed by atoms with E-state index in [2.05, 4.69) is 36.2 Å². The Morgan fingerprint density at radius 2 is 2.00 bits per heavy atom. The summed E-state index contributed by atoms with van der Waals surface area (Å²) in [6, 6.07) is 8.27. The number of Topliss-reactive ketones (excluding diaryl/α,β-unsaturated/α-hetero) is 1. The van der Waals surface area contributed by atoms with Crippen LogP contribution in [-0.2, 0) is 11.2 Å². The van der Waals surface area contributed by atoms with Crippen LogP contribution in [0, 0.1) is 6.92 Å². The molecular formula is C14H16N2O. The van der Waals surface area contributed by atoms with Gasteiger partial charge in [0.1, 0.15) is 5.78 Å². The maximum absolute atomic E-state index is 10.9. The highest BCUT2D eigenvalue weighted by Crippen LogP contribution is 2.10. The maximum Gasteiger partial charge on any atom is 0.130 e. The van der Waals surface area contributed by atoms with E-state index in [0.717, 1.165) is 11.4 Å². The van der Waals surface area contributed by atoms with Gasteiger partial charge in [-0.25, -0.2) is 4.98 Å². The Kier molecular flexibility index (Phi) is 3.38. The number of carbonyl (C=O) groups excluding carboxylic acids is 1. The van der Waals surface area contributed by atoms with E-state index in [1.54, 1.807) is 13.3 Å². The molecule has 1 aromatic heterocycles. The fraction of sp³-hybridized carbons (Fsp3) is 0.286. The number of carbonyl (C=O) groups is 1. The lowest BCUT2D eigenvalue weighted by atomic mass is 10.2. The van der Waals surface area contributed by atoms with Crippen molar-refractivity contribution in [2.24, 2.45) is 0 Å². The van der Waals surface area contributed by atoms with Gasteiger partial charge in [-0.2, -0.15) is 0 Å². The number of hydrogen-bond donors (Lipinski definition) is 0. The third-order valence-corrected chi connectivity index (χ3v) is 2.70. The van der Waals surface area contributed by atoms with E-state index in [0.29, 0.717) is 12.8 Å². The van der Waals surface area contributed by atoms with Crippen LogP contribution in [0.3, 0.4) is 0 Å². The van der Waals surface area contributed by atoms with Gasteiger partial charge in [0.25, 0.3) is 0 Å². The van der Waals surface area contributed by atoms with Crippen LogP contribution in [-0.4, -0.2) is 15.3 Å². The third-order valence-electron chi connectivity index (χ3n) is 2.70. The zero-order chi connectivity index (χ0) is 12.3. The molecule has 0 unspecified atom stereocenters. The molecule has 0 aliphatic heterocycles. The zero-order valence-electron chi connectivity index (χ0n) is 10.2. The molecule has 0 saturated carbocycles. The largest absolute Gasteiger partial charge is 0.306 e. The van der Waals surface area contributed by atoms with Gasteiger partial charge in [-0.15, -0.1) is 0 Å². The minimum atomic E-state index is 0.204. The van der Waals surface area contributed by atoms with Crippen molar-refractivity contribution in [3.8, 4) is 5.69 Å². The van der Waals surface area contributed by atoms with Crippen molar-refractivity contribution in [2.75, 3.05) is 0 Å². The van der Waals surface area contributed by atoms with Crippen LogP contribution in [0.4, 0.5) is 0 Å². The van der Waals surface area contributed by atoms with Gasteiger partial charge < -0.3 is 9.36 Å². The first-order chi connectivity index (χ1) is 8.15. The van der Waals surface area contributed by atoms with Crippen LogP contribution >= 0.6 is 0 Å². The normalized spacial score (nSPS) is 10.5. The lowest BCUT2D eigenvalue weighted by Gasteiger charge is -2.01. The minimum Gasteiger partial charge on any atom is -0.306 e. The fourth-order valence-corrected chi connectivity index (χ4v) is 1.65. The average molecular weight is 228 g/mol. The summed E-state index contributed by atoms with van der Waals surface area (Å²) in [7, 11) is 0. The molecule has 1 aromatic carbocycles. The molecule has 0 amide bonds. The van der Waals surface area contributed by atoms with Crippen molar-refractivity contribution in [1.29, 1.82) is 0 Å². The molecule has 0 saturated heterocycles. The molecule has 0 spiro atoms. The first-order valence-corrected chi connectivity index (χ1v) is 5.74. The van der Waals surface area contributed by atoms with E-state index in [4.69, 9.17) is 0 Å². The Hall–Kier alpha value is -1.90. The quantitative estimate of drug-likeness (QED) is 0.806. The van der Waals surface area contributed by atoms with Crippen molar-refractivity contribution >= 4 is 5.78 Å². The van der Waals surface area contributed by atoms with Crippen LogP contribution in [0.25, 0.3) is 5.69 Å². The fourth-order valence-electron chi connectivity index (χ4n) is 1.65. The molecule has 0 fully saturated rings. The molecule has 0 radical (unpaired) electrons. The first-order valence-electron chi connectivity index (χ1n) is 5.74. The lowest BCUT2D eigenvalue weighted by molar-refractivity contribution is -0.116. The number of benzene rings is 1. The Bertz CT molecular complexity index is 511. The van der Waals surface area contributed by atoms with E-state index in [1.165, 1.54) is 5.56 Å². The molecule has 3 nitrogen and oxygen atoms in total. The van der Waals surface area contributed by atoms with Crippen LogP contribution in [0.5, 0.6) is 0 Å². The van der Waals surface area contributed by atoms with Crippen molar-refractivity contribution in [3.63, 3.8) is 0 Å². The summed E-state index contributed by atoms with van der Waals surface area (Å²) in [4.78, 5) is 15.2. The van der Waals surface area contributed by atoms with Crippen LogP contribution in [0.15, 0.2) is 36.8 Å². The molecule has 88 valence electrons. The number of hydrogen-bond acceptors (Lipinski definition) is 2. The molecule has 0 aliphatic carbocycles. The van der Waals surface area contributed by atoms with Gasteiger partial charge in [-0.1, -0.05) is 17.7 Å². The van der Waals surface area contributed by atoms with Gasteiger partial charge in [0, 0.05) is 18.3 Å². The van der Waals surface area contributed by atoms with E-state index >= 15 is 0 Å². The van der Waals surface area contributed by atoms with Gasteiger partial charge in [-0.05, 0) is 32.4 Å². The van der Waals surface area contributed by atoms with Crippen LogP contribution < -0.4 is 0 Å². The van der Waals surface area contributed by atoms with Crippen molar-refractivity contribution in [3.05, 3.63) is 48.0 Å². The predicted octanol–water partition coefficient (Wildman–Crippen LogP) is 2.70. The Balaban J connectivity index is 2.12. The number of rotatable bonds is 4. The molecule has 1 heterocycles. The van der Waals surface area contributed by atoms with E-state index in [1.807, 2.05) is 10.8 Å². The molecule has 17 heavy (non-hydrogen) atoms. The second-order valence-electron chi connectivity index (χ2n) is 4.31. The van der Waals surface area contributed by atoms with Gasteiger partial charge >= 0.3 is 0 Å². The van der Waals surface area contributed by atoms with Gasteiger partial charge in [-0.3, -0.25) is 0 Å². The van der Waals surface area contributed by atoms with Crippen LogP contribution in [0.2, 0.25) is 0 Å². The molecule has 3 heteroatoms. The maximum atomic E-state index is 10.9. The van der Waals surface area contributed by atoms with Crippen molar-refractivity contribution in [1.82, 2.24) is 9.55 Å². The molecular weight excluding hydrogens is 212 g/mol. The number of imidazole rings is 1. The summed E-state index contributed by atoms with van der Waals surface area (Å²) in [5, 5.41) is 0. The summed E-state index contributed by atoms with van der Waals surface area (Å²) >= 11 is 0. The Morgan fingerprint density at radius 3 is 2.65 bits per heavy atom. The van der Waals surface area contributed by atoms with Crippen molar-refractivity contribution in [2.45, 2.75) is 26.7 Å². The summed E-state index contributed by atoms with van der Waals surface area (Å²) in [5.74, 6) is 0.204. The standard InChI is InChI=1S/C14H16N2O/c1-11-3-7-14(8-4-11)16-9-13(15-10-16)6-5-12(2)17/h3-4,7-10H,5-6H2,1-2H3. The predicted molar refractivity (Wildman–Crippen MR) is 67.3 cm³/mol. The topological polar surface area (TPSA) is 34.9 Å². The Morgan fingerprint density at radius 1 is 1.29 bits per heavy atom. The first kappa shape index (κ1) is 11.6. The second-order valence-corrected chi connectivity index (χ2v) is 4.31. The van der Waals surface area contributed by atoms with Crippen LogP contribution in [0.1, 0.15) is 24.6 Å². The monoisotopic (exact) mass is 228 g/mol. The molecule has 0 bridgehead atoms. The zero-order valence-corrected chi connectivity index (χ0v) is 10.2. The van der Waals surface area contributed by atoms with Gasteiger partial charge in [0.05, 0.1) is 12.0 Å². The molecule has 0 N–H and O–H groups in total. The minimum absolute atomic E-state index is 0.204. The smallest absolute Gasteiger partial charge is 0.130 e. The lowest BCUT2D eigenvalue weighted by Crippen LogP contribution is -1.94. The Labute approximate surface area is 101 Å². The van der Waals surface area contributed by atoms with Gasteiger partial charge in [0.2, 0.25) is 0 Å². The van der Waals surface area contributed by atoms with Crippen molar-refractivity contribution < 1.29 is 4.79 Å². The molecule has 0 atom stereocenters. The average Bonchev–Trinajstić information content (AvgIpc) is 2.76. The van der Waals surface area contributed by atoms with E-state index in [-0.39, 0.29) is 5.78 Å². The highest BCUT2D eigenvalue weighted by atomic mass is 16.1. The molecule has 0 aliphatic rings.